The van der Waals surface area contributed by atoms with Crippen molar-refractivity contribution < 1.29 is 9.53 Å². The maximum atomic E-state index is 12.4. The van der Waals surface area contributed by atoms with Crippen molar-refractivity contribution >= 4 is 11.5 Å². The van der Waals surface area contributed by atoms with Crippen LogP contribution in [-0.2, 0) is 18.2 Å². The molecule has 0 aliphatic heterocycles. The van der Waals surface area contributed by atoms with E-state index in [0.29, 0.717) is 11.1 Å². The number of benzene rings is 1. The molecule has 2 aromatic rings. The van der Waals surface area contributed by atoms with Crippen molar-refractivity contribution in [2.75, 3.05) is 7.11 Å². The Hall–Kier alpha value is -2.62. The van der Waals surface area contributed by atoms with Gasteiger partial charge in [-0.05, 0) is 53.8 Å². The van der Waals surface area contributed by atoms with E-state index in [1.165, 1.54) is 7.11 Å². The number of hydrogen-bond donors (Lipinski definition) is 0. The van der Waals surface area contributed by atoms with Crippen LogP contribution in [0.1, 0.15) is 33.5 Å². The molecular formula is C18H17NO3. The molecule has 0 amide bonds. The first kappa shape index (κ1) is 14.3. The summed E-state index contributed by atoms with van der Waals surface area (Å²) in [6.45, 7) is 0. The molecule has 1 aliphatic carbocycles. The second-order valence-electron chi connectivity index (χ2n) is 5.36. The van der Waals surface area contributed by atoms with Gasteiger partial charge in [0.2, 0.25) is 0 Å². The van der Waals surface area contributed by atoms with Gasteiger partial charge in [0.25, 0.3) is 5.56 Å². The number of allylic oxidation sites excluding steroid dienone is 1. The molecule has 1 aliphatic rings. The van der Waals surface area contributed by atoms with Gasteiger partial charge in [-0.15, -0.1) is 0 Å². The van der Waals surface area contributed by atoms with Gasteiger partial charge in [-0.25, -0.2) is 4.79 Å². The quantitative estimate of drug-likeness (QED) is 0.800. The Labute approximate surface area is 128 Å². The van der Waals surface area contributed by atoms with E-state index in [0.717, 1.165) is 29.5 Å². The van der Waals surface area contributed by atoms with E-state index in [4.69, 9.17) is 4.74 Å². The summed E-state index contributed by atoms with van der Waals surface area (Å²) < 4.78 is 6.35. The number of carbonyl (C=O) groups is 1. The highest BCUT2D eigenvalue weighted by Gasteiger charge is 2.19. The highest BCUT2D eigenvalue weighted by atomic mass is 16.5. The fourth-order valence-corrected chi connectivity index (χ4v) is 2.83. The van der Waals surface area contributed by atoms with Crippen LogP contribution in [0, 0.1) is 0 Å². The standard InChI is InChI=1S/C18H17NO3/c1-19-10-4-7-15(17(19)20)14-6-3-5-12-8-9-13(11-16(12)14)18(21)22-2/h4,6-11H,3,5H2,1-2H3. The molecule has 1 aromatic carbocycles. The van der Waals surface area contributed by atoms with Gasteiger partial charge in [-0.2, -0.15) is 0 Å². The third-order valence-electron chi connectivity index (χ3n) is 4.00. The van der Waals surface area contributed by atoms with Gasteiger partial charge >= 0.3 is 5.97 Å². The minimum atomic E-state index is -0.367. The average Bonchev–Trinajstić information content (AvgIpc) is 2.55. The lowest BCUT2D eigenvalue weighted by molar-refractivity contribution is 0.0600. The average molecular weight is 295 g/mol. The predicted molar refractivity (Wildman–Crippen MR) is 84.9 cm³/mol. The van der Waals surface area contributed by atoms with Crippen LogP contribution in [-0.4, -0.2) is 17.6 Å². The fraction of sp³-hybridized carbons (Fsp3) is 0.222. The second kappa shape index (κ2) is 5.64. The molecule has 0 saturated carbocycles. The van der Waals surface area contributed by atoms with Crippen molar-refractivity contribution in [3.8, 4) is 0 Å². The molecule has 1 aromatic heterocycles. The molecule has 0 unspecified atom stereocenters. The Morgan fingerprint density at radius 2 is 2.05 bits per heavy atom. The molecule has 22 heavy (non-hydrogen) atoms. The molecule has 0 radical (unpaired) electrons. The Morgan fingerprint density at radius 3 is 2.82 bits per heavy atom. The van der Waals surface area contributed by atoms with Gasteiger partial charge in [0.05, 0.1) is 12.7 Å². The first-order valence-corrected chi connectivity index (χ1v) is 7.19. The SMILES string of the molecule is COC(=O)c1ccc2c(c1)C(c1cccn(C)c1=O)=CCC2. The topological polar surface area (TPSA) is 48.3 Å². The van der Waals surface area contributed by atoms with Crippen molar-refractivity contribution in [1.82, 2.24) is 4.57 Å². The van der Waals surface area contributed by atoms with Crippen LogP contribution in [0.15, 0.2) is 47.4 Å². The van der Waals surface area contributed by atoms with Crippen molar-refractivity contribution in [2.45, 2.75) is 12.8 Å². The number of rotatable bonds is 2. The zero-order valence-electron chi connectivity index (χ0n) is 12.6. The van der Waals surface area contributed by atoms with E-state index >= 15 is 0 Å². The third kappa shape index (κ3) is 2.37. The Balaban J connectivity index is 2.17. The molecule has 0 spiro atoms. The number of aromatic nitrogens is 1. The van der Waals surface area contributed by atoms with Crippen molar-refractivity contribution in [2.24, 2.45) is 7.05 Å². The van der Waals surface area contributed by atoms with E-state index in [-0.39, 0.29) is 11.5 Å². The molecule has 0 atom stereocenters. The van der Waals surface area contributed by atoms with Crippen LogP contribution in [0.25, 0.3) is 5.57 Å². The first-order valence-electron chi connectivity index (χ1n) is 7.19. The summed E-state index contributed by atoms with van der Waals surface area (Å²) >= 11 is 0. The molecule has 0 fully saturated rings. The molecule has 0 N–H and O–H groups in total. The lowest BCUT2D eigenvalue weighted by atomic mass is 9.86. The summed E-state index contributed by atoms with van der Waals surface area (Å²) in [5.74, 6) is -0.367. The zero-order chi connectivity index (χ0) is 15.7. The van der Waals surface area contributed by atoms with Crippen molar-refractivity contribution in [1.29, 1.82) is 0 Å². The zero-order valence-corrected chi connectivity index (χ0v) is 12.6. The van der Waals surface area contributed by atoms with Crippen LogP contribution in [0.2, 0.25) is 0 Å². The van der Waals surface area contributed by atoms with Gasteiger partial charge in [0.1, 0.15) is 0 Å². The Bertz CT molecular complexity index is 830. The second-order valence-corrected chi connectivity index (χ2v) is 5.36. The van der Waals surface area contributed by atoms with Gasteiger partial charge in [0, 0.05) is 18.8 Å². The summed E-state index contributed by atoms with van der Waals surface area (Å²) in [7, 11) is 3.10. The van der Waals surface area contributed by atoms with Crippen molar-refractivity contribution in [3.05, 3.63) is 75.2 Å². The van der Waals surface area contributed by atoms with Crippen molar-refractivity contribution in [3.63, 3.8) is 0 Å². The summed E-state index contributed by atoms with van der Waals surface area (Å²) in [6.07, 6.45) is 5.60. The van der Waals surface area contributed by atoms with Crippen LogP contribution in [0.3, 0.4) is 0 Å². The first-order chi connectivity index (χ1) is 10.6. The number of aryl methyl sites for hydroxylation is 2. The number of hydrogen-bond acceptors (Lipinski definition) is 3. The predicted octanol–water partition coefficient (Wildman–Crippen LogP) is 2.55. The number of fused-ring (bicyclic) bond motifs is 1. The Kier molecular flexibility index (Phi) is 3.67. The minimum absolute atomic E-state index is 0.0370. The number of pyridine rings is 1. The van der Waals surface area contributed by atoms with Crippen LogP contribution < -0.4 is 5.56 Å². The van der Waals surface area contributed by atoms with E-state index in [1.54, 1.807) is 23.9 Å². The molecule has 112 valence electrons. The van der Waals surface area contributed by atoms with Gasteiger partial charge < -0.3 is 9.30 Å². The number of nitrogens with zero attached hydrogens (tertiary/aromatic N) is 1. The summed E-state index contributed by atoms with van der Waals surface area (Å²) in [5, 5.41) is 0. The van der Waals surface area contributed by atoms with Crippen LogP contribution in [0.4, 0.5) is 0 Å². The number of ether oxygens (including phenoxy) is 1. The number of methoxy groups -OCH3 is 1. The smallest absolute Gasteiger partial charge is 0.337 e. The molecule has 3 rings (SSSR count). The normalized spacial score (nSPS) is 13.3. The highest BCUT2D eigenvalue weighted by Crippen LogP contribution is 2.31. The molecule has 4 nitrogen and oxygen atoms in total. The largest absolute Gasteiger partial charge is 0.465 e. The van der Waals surface area contributed by atoms with E-state index in [1.807, 2.05) is 24.3 Å². The molecule has 4 heteroatoms. The van der Waals surface area contributed by atoms with E-state index < -0.39 is 0 Å². The lowest BCUT2D eigenvalue weighted by Crippen LogP contribution is -2.20. The van der Waals surface area contributed by atoms with Crippen LogP contribution >= 0.6 is 0 Å². The Morgan fingerprint density at radius 1 is 1.23 bits per heavy atom. The van der Waals surface area contributed by atoms with Crippen LogP contribution in [0.5, 0.6) is 0 Å². The summed E-state index contributed by atoms with van der Waals surface area (Å²) in [5.41, 5.74) is 4.11. The van der Waals surface area contributed by atoms with E-state index in [9.17, 15) is 9.59 Å². The third-order valence-corrected chi connectivity index (χ3v) is 4.00. The highest BCUT2D eigenvalue weighted by molar-refractivity contribution is 5.92. The number of esters is 1. The van der Waals surface area contributed by atoms with Gasteiger partial charge in [-0.1, -0.05) is 12.1 Å². The fourth-order valence-electron chi connectivity index (χ4n) is 2.83. The minimum Gasteiger partial charge on any atom is -0.465 e. The maximum Gasteiger partial charge on any atom is 0.337 e. The monoisotopic (exact) mass is 295 g/mol. The summed E-state index contributed by atoms with van der Waals surface area (Å²) in [4.78, 5) is 24.1. The lowest BCUT2D eigenvalue weighted by Gasteiger charge is -2.19. The molecular weight excluding hydrogens is 278 g/mol. The molecule has 1 heterocycles. The van der Waals surface area contributed by atoms with Gasteiger partial charge in [0.15, 0.2) is 0 Å². The molecule has 0 saturated heterocycles. The number of carbonyl (C=O) groups excluding carboxylic acids is 1. The maximum absolute atomic E-state index is 12.4. The summed E-state index contributed by atoms with van der Waals surface area (Å²) in [6, 6.07) is 9.22. The van der Waals surface area contributed by atoms with Gasteiger partial charge in [-0.3, -0.25) is 4.79 Å². The van der Waals surface area contributed by atoms with E-state index in [2.05, 4.69) is 6.08 Å². The molecule has 0 bridgehead atoms.